The maximum Gasteiger partial charge on any atom is 0.224 e. The second-order valence-corrected chi connectivity index (χ2v) is 5.28. The number of aromatic nitrogens is 4. The molecule has 2 fully saturated rings. The first-order valence-corrected chi connectivity index (χ1v) is 6.66. The number of H-pyrrole nitrogens is 1. The average Bonchev–Trinajstić information content (AvgIpc) is 2.94. The van der Waals surface area contributed by atoms with Gasteiger partial charge in [-0.3, -0.25) is 5.10 Å². The van der Waals surface area contributed by atoms with Crippen molar-refractivity contribution in [1.29, 1.82) is 0 Å². The molecule has 0 aromatic carbocycles. The Labute approximate surface area is 109 Å². The number of hydrogen-bond donors (Lipinski definition) is 3. The number of ether oxygens (including phenoxy) is 1. The Hall–Kier alpha value is -1.89. The van der Waals surface area contributed by atoms with Gasteiger partial charge in [0.1, 0.15) is 5.82 Å². The fraction of sp³-hybridized carbons (Fsp3) is 0.583. The van der Waals surface area contributed by atoms with Crippen molar-refractivity contribution in [3.8, 4) is 0 Å². The monoisotopic (exact) mass is 260 g/mol. The number of hydrogen-bond acceptors (Lipinski definition) is 6. The van der Waals surface area contributed by atoms with Gasteiger partial charge in [0.15, 0.2) is 5.65 Å². The molecule has 1 saturated carbocycles. The third kappa shape index (κ3) is 1.90. The third-order valence-corrected chi connectivity index (χ3v) is 3.87. The zero-order chi connectivity index (χ0) is 12.8. The summed E-state index contributed by atoms with van der Waals surface area (Å²) in [6, 6.07) is 0.305. The summed E-state index contributed by atoms with van der Waals surface area (Å²) in [4.78, 5) is 8.41. The first-order valence-electron chi connectivity index (χ1n) is 6.66. The molecule has 4 rings (SSSR count). The van der Waals surface area contributed by atoms with Crippen LogP contribution in [-0.2, 0) is 4.74 Å². The fourth-order valence-electron chi connectivity index (χ4n) is 2.79. The molecule has 2 atom stereocenters. The summed E-state index contributed by atoms with van der Waals surface area (Å²) in [5.74, 6) is 1.71. The van der Waals surface area contributed by atoms with Crippen molar-refractivity contribution in [3.05, 3.63) is 6.20 Å². The zero-order valence-corrected chi connectivity index (χ0v) is 10.5. The van der Waals surface area contributed by atoms with E-state index in [1.165, 1.54) is 12.8 Å². The number of fused-ring (bicyclic) bond motifs is 1. The summed E-state index contributed by atoms with van der Waals surface area (Å²) >= 11 is 0. The Bertz CT molecular complexity index is 607. The zero-order valence-electron chi connectivity index (χ0n) is 10.5. The molecule has 1 aliphatic heterocycles. The molecule has 1 aliphatic carbocycles. The fourth-order valence-corrected chi connectivity index (χ4v) is 2.79. The summed E-state index contributed by atoms with van der Waals surface area (Å²) in [6.07, 6.45) is 5.58. The van der Waals surface area contributed by atoms with Gasteiger partial charge in [0.25, 0.3) is 0 Å². The van der Waals surface area contributed by atoms with Crippen molar-refractivity contribution in [1.82, 2.24) is 20.2 Å². The second kappa shape index (κ2) is 4.06. The van der Waals surface area contributed by atoms with E-state index in [9.17, 15) is 0 Å². The van der Waals surface area contributed by atoms with E-state index in [2.05, 4.69) is 25.5 Å². The molecular formula is C12H16N6O. The SMILES string of the molecule is Nc1nc(NC2CCOC2C2CC2)c2cn[nH]c2n1. The Kier molecular flexibility index (Phi) is 2.34. The van der Waals surface area contributed by atoms with Gasteiger partial charge in [0.05, 0.1) is 23.7 Å². The predicted octanol–water partition coefficient (Wildman–Crippen LogP) is 0.914. The van der Waals surface area contributed by atoms with Gasteiger partial charge in [-0.25, -0.2) is 0 Å². The summed E-state index contributed by atoms with van der Waals surface area (Å²) < 4.78 is 5.82. The van der Waals surface area contributed by atoms with E-state index in [4.69, 9.17) is 10.5 Å². The molecule has 19 heavy (non-hydrogen) atoms. The molecule has 2 unspecified atom stereocenters. The Balaban J connectivity index is 1.65. The quantitative estimate of drug-likeness (QED) is 0.758. The lowest BCUT2D eigenvalue weighted by atomic mass is 10.1. The number of nitrogens with zero attached hydrogens (tertiary/aromatic N) is 3. The van der Waals surface area contributed by atoms with Crippen LogP contribution >= 0.6 is 0 Å². The lowest BCUT2D eigenvalue weighted by molar-refractivity contribution is 0.0898. The lowest BCUT2D eigenvalue weighted by Crippen LogP contribution is -2.31. The van der Waals surface area contributed by atoms with Gasteiger partial charge in [0.2, 0.25) is 5.95 Å². The van der Waals surface area contributed by atoms with E-state index in [-0.39, 0.29) is 5.95 Å². The average molecular weight is 260 g/mol. The molecular weight excluding hydrogens is 244 g/mol. The van der Waals surface area contributed by atoms with Crippen LogP contribution in [0.1, 0.15) is 19.3 Å². The number of nitrogen functional groups attached to an aromatic ring is 1. The highest BCUT2D eigenvalue weighted by atomic mass is 16.5. The standard InChI is InChI=1S/C12H16N6O/c13-12-16-10(7-5-14-18-11(7)17-12)15-8-3-4-19-9(8)6-1-2-6/h5-6,8-9H,1-4H2,(H4,13,14,15,16,17,18). The predicted molar refractivity (Wildman–Crippen MR) is 70.6 cm³/mol. The molecule has 100 valence electrons. The van der Waals surface area contributed by atoms with Crippen LogP contribution in [0.25, 0.3) is 11.0 Å². The maximum absolute atomic E-state index is 5.82. The minimum atomic E-state index is 0.251. The first kappa shape index (κ1) is 11.0. The van der Waals surface area contributed by atoms with Crippen LogP contribution in [0.2, 0.25) is 0 Å². The van der Waals surface area contributed by atoms with Gasteiger partial charge in [-0.1, -0.05) is 0 Å². The van der Waals surface area contributed by atoms with Crippen LogP contribution < -0.4 is 11.1 Å². The van der Waals surface area contributed by atoms with E-state index in [0.29, 0.717) is 23.7 Å². The van der Waals surface area contributed by atoms with E-state index in [1.807, 2.05) is 0 Å². The van der Waals surface area contributed by atoms with Crippen molar-refractivity contribution in [2.24, 2.45) is 5.92 Å². The lowest BCUT2D eigenvalue weighted by Gasteiger charge is -2.20. The van der Waals surface area contributed by atoms with Crippen LogP contribution in [0.5, 0.6) is 0 Å². The Morgan fingerprint density at radius 3 is 3.05 bits per heavy atom. The molecule has 0 spiro atoms. The first-order chi connectivity index (χ1) is 9.31. The highest BCUT2D eigenvalue weighted by Gasteiger charge is 2.40. The molecule has 2 aliphatic rings. The minimum Gasteiger partial charge on any atom is -0.376 e. The molecule has 0 bridgehead atoms. The van der Waals surface area contributed by atoms with E-state index >= 15 is 0 Å². The molecule has 0 radical (unpaired) electrons. The van der Waals surface area contributed by atoms with Crippen molar-refractivity contribution < 1.29 is 4.74 Å². The number of aromatic amines is 1. The van der Waals surface area contributed by atoms with Gasteiger partial charge in [-0.05, 0) is 25.2 Å². The number of rotatable bonds is 3. The molecule has 7 heteroatoms. The third-order valence-electron chi connectivity index (χ3n) is 3.87. The van der Waals surface area contributed by atoms with Crippen LogP contribution in [0.4, 0.5) is 11.8 Å². The maximum atomic E-state index is 5.82. The van der Waals surface area contributed by atoms with Gasteiger partial charge in [-0.2, -0.15) is 15.1 Å². The molecule has 1 saturated heterocycles. The van der Waals surface area contributed by atoms with Crippen molar-refractivity contribution in [2.45, 2.75) is 31.4 Å². The van der Waals surface area contributed by atoms with Crippen LogP contribution in [-0.4, -0.2) is 38.9 Å². The largest absolute Gasteiger partial charge is 0.376 e. The number of nitrogens with one attached hydrogen (secondary N) is 2. The molecule has 7 nitrogen and oxygen atoms in total. The molecule has 3 heterocycles. The van der Waals surface area contributed by atoms with Crippen LogP contribution in [0, 0.1) is 5.92 Å². The molecule has 4 N–H and O–H groups in total. The minimum absolute atomic E-state index is 0.251. The van der Waals surface area contributed by atoms with Gasteiger partial charge in [0, 0.05) is 6.61 Å². The van der Waals surface area contributed by atoms with Gasteiger partial charge < -0.3 is 15.8 Å². The van der Waals surface area contributed by atoms with E-state index in [0.717, 1.165) is 24.2 Å². The topological polar surface area (TPSA) is 102 Å². The molecule has 0 amide bonds. The van der Waals surface area contributed by atoms with Crippen molar-refractivity contribution in [3.63, 3.8) is 0 Å². The van der Waals surface area contributed by atoms with Crippen LogP contribution in [0.15, 0.2) is 6.20 Å². The molecule has 2 aromatic heterocycles. The van der Waals surface area contributed by atoms with E-state index in [1.54, 1.807) is 6.20 Å². The highest BCUT2D eigenvalue weighted by molar-refractivity contribution is 5.86. The summed E-state index contributed by atoms with van der Waals surface area (Å²) in [7, 11) is 0. The Morgan fingerprint density at radius 1 is 1.32 bits per heavy atom. The van der Waals surface area contributed by atoms with Gasteiger partial charge in [-0.15, -0.1) is 0 Å². The number of nitrogens with two attached hydrogens (primary N) is 1. The summed E-state index contributed by atoms with van der Waals surface area (Å²) in [5, 5.41) is 11.1. The second-order valence-electron chi connectivity index (χ2n) is 5.28. The van der Waals surface area contributed by atoms with Crippen molar-refractivity contribution in [2.75, 3.05) is 17.7 Å². The smallest absolute Gasteiger partial charge is 0.224 e. The Morgan fingerprint density at radius 2 is 2.21 bits per heavy atom. The van der Waals surface area contributed by atoms with Crippen molar-refractivity contribution >= 4 is 22.8 Å². The molecule has 2 aromatic rings. The summed E-state index contributed by atoms with van der Waals surface area (Å²) in [6.45, 7) is 0.813. The van der Waals surface area contributed by atoms with Crippen LogP contribution in [0.3, 0.4) is 0 Å². The number of anilines is 2. The van der Waals surface area contributed by atoms with E-state index < -0.39 is 0 Å². The highest BCUT2D eigenvalue weighted by Crippen LogP contribution is 2.39. The van der Waals surface area contributed by atoms with Gasteiger partial charge >= 0.3 is 0 Å². The normalized spacial score (nSPS) is 26.9. The summed E-state index contributed by atoms with van der Waals surface area (Å²) in [5.41, 5.74) is 6.39.